The molecule has 0 aliphatic carbocycles. The van der Waals surface area contributed by atoms with Crippen LogP contribution in [0.2, 0.25) is 0 Å². The highest BCUT2D eigenvalue weighted by molar-refractivity contribution is 5.98. The molecule has 11 nitrogen and oxygen atoms in total. The zero-order valence-electron chi connectivity index (χ0n) is 32.6. The molecule has 2 aliphatic heterocycles. The Balaban J connectivity index is 1.76. The molecule has 50 heavy (non-hydrogen) atoms. The summed E-state index contributed by atoms with van der Waals surface area (Å²) >= 11 is 0. The second-order valence-electron chi connectivity index (χ2n) is 16.1. The molecular weight excluding hydrogens is 636 g/mol. The lowest BCUT2D eigenvalue weighted by Crippen LogP contribution is -2.59. The van der Waals surface area contributed by atoms with Gasteiger partial charge in [-0.15, -0.1) is 0 Å². The van der Waals surface area contributed by atoms with E-state index in [9.17, 15) is 19.8 Å². The van der Waals surface area contributed by atoms with Gasteiger partial charge in [-0.25, -0.2) is 0 Å². The third kappa shape index (κ3) is 11.1. The molecule has 0 radical (unpaired) electrons. The molecule has 286 valence electrons. The van der Waals surface area contributed by atoms with Crippen LogP contribution in [-0.4, -0.2) is 138 Å². The number of fused-ring (bicyclic) bond motifs is 1. The number of aromatic nitrogens is 1. The minimum Gasteiger partial charge on any atom is -0.395 e. The number of rotatable bonds is 21. The van der Waals surface area contributed by atoms with Crippen molar-refractivity contribution < 1.29 is 34.0 Å². The first kappa shape index (κ1) is 42.6. The van der Waals surface area contributed by atoms with E-state index in [1.165, 1.54) is 11.3 Å². The van der Waals surface area contributed by atoms with Gasteiger partial charge in [0.2, 0.25) is 0 Å². The zero-order chi connectivity index (χ0) is 37.2. The molecule has 1 aromatic heterocycles. The van der Waals surface area contributed by atoms with Gasteiger partial charge < -0.3 is 34.1 Å². The summed E-state index contributed by atoms with van der Waals surface area (Å²) in [6, 6.07) is 4.02. The molecular formula is C39H68N4O7. The van der Waals surface area contributed by atoms with Crippen LogP contribution < -0.4 is 0 Å². The summed E-state index contributed by atoms with van der Waals surface area (Å²) in [5.41, 5.74) is 0.338. The van der Waals surface area contributed by atoms with E-state index in [-0.39, 0.29) is 36.5 Å². The fourth-order valence-corrected chi connectivity index (χ4v) is 8.10. The Bertz CT molecular complexity index is 1200. The molecule has 3 rings (SSSR count). The van der Waals surface area contributed by atoms with Crippen LogP contribution in [-0.2, 0) is 36.8 Å². The van der Waals surface area contributed by atoms with Gasteiger partial charge in [-0.05, 0) is 111 Å². The Kier molecular flexibility index (Phi) is 16.4. The molecule has 1 saturated heterocycles. The van der Waals surface area contributed by atoms with Crippen LogP contribution in [0.5, 0.6) is 0 Å². The molecule has 0 spiro atoms. The van der Waals surface area contributed by atoms with E-state index in [0.29, 0.717) is 19.1 Å². The Labute approximate surface area is 302 Å². The molecule has 3 heterocycles. The number of hydrogen-bond donors (Lipinski definition) is 2. The predicted octanol–water partition coefficient (Wildman–Crippen LogP) is 3.97. The van der Waals surface area contributed by atoms with Crippen molar-refractivity contribution in [3.63, 3.8) is 0 Å². The van der Waals surface area contributed by atoms with Crippen molar-refractivity contribution >= 4 is 12.1 Å². The smallest absolute Gasteiger partial charge is 0.185 e. The minimum atomic E-state index is -1.22. The SMILES string of the molecule is CCCN(C[C@H](C)C[C@@](C)(OC)[C@H](O[C@@H]1O[C@H](C)C[C@H](N(C)C)[C@H]1O)[C@@H](C)C(=O)C(C)(C)C=O)[C@@H](CO)CCCN1CCc2cccnc2C1. The molecule has 2 aliphatic rings. The first-order chi connectivity index (χ1) is 23.6. The second kappa shape index (κ2) is 19.3. The first-order valence-electron chi connectivity index (χ1n) is 18.8. The third-order valence-electron chi connectivity index (χ3n) is 11.0. The summed E-state index contributed by atoms with van der Waals surface area (Å²) in [6.07, 6.45) is 4.70. The Morgan fingerprint density at radius 2 is 1.98 bits per heavy atom. The van der Waals surface area contributed by atoms with Gasteiger partial charge in [0.05, 0.1) is 35.5 Å². The molecule has 0 bridgehead atoms. The van der Waals surface area contributed by atoms with Crippen LogP contribution in [0.25, 0.3) is 0 Å². The lowest BCUT2D eigenvalue weighted by molar-refractivity contribution is -0.295. The number of hydrogen-bond acceptors (Lipinski definition) is 11. The van der Waals surface area contributed by atoms with Crippen molar-refractivity contribution in [1.29, 1.82) is 0 Å². The molecule has 9 atom stereocenters. The van der Waals surface area contributed by atoms with Crippen LogP contribution in [0.15, 0.2) is 18.3 Å². The maximum Gasteiger partial charge on any atom is 0.185 e. The molecule has 2 N–H and O–H groups in total. The molecule has 0 saturated carbocycles. The van der Waals surface area contributed by atoms with Gasteiger partial charge in [0.15, 0.2) is 12.1 Å². The normalized spacial score (nSPS) is 25.5. The van der Waals surface area contributed by atoms with Crippen LogP contribution in [0.3, 0.4) is 0 Å². The van der Waals surface area contributed by atoms with Crippen LogP contribution in [0, 0.1) is 17.3 Å². The number of likely N-dealkylation sites (N-methyl/N-ethyl adjacent to an activating group) is 1. The standard InChI is InChI=1S/C39H68N4O7/c1-11-18-43(31(25-44)15-13-19-42-20-16-30-14-12-17-40-32(30)24-42)23-27(2)22-39(7,48-10)36(29(4)35(47)38(5,6)26-45)50-37-34(46)33(41(8)9)21-28(3)49-37/h12,14,17,26-29,31,33-34,36-37,44,46H,11,13,15-16,18-25H2,1-10H3/t27-,28-,29+,31-,33+,34-,36-,37+,39-/m1/s1. The Hall–Kier alpha value is -1.83. The zero-order valence-corrected chi connectivity index (χ0v) is 32.6. The van der Waals surface area contributed by atoms with E-state index >= 15 is 0 Å². The van der Waals surface area contributed by atoms with E-state index < -0.39 is 35.4 Å². The fraction of sp³-hybridized carbons (Fsp3) is 0.821. The van der Waals surface area contributed by atoms with Gasteiger partial charge in [-0.2, -0.15) is 0 Å². The molecule has 1 aromatic rings. The number of aliphatic hydroxyl groups excluding tert-OH is 2. The van der Waals surface area contributed by atoms with Crippen molar-refractivity contribution in [2.75, 3.05) is 54.0 Å². The first-order valence-corrected chi connectivity index (χ1v) is 18.8. The minimum absolute atomic E-state index is 0.0255. The maximum atomic E-state index is 13.8. The van der Waals surface area contributed by atoms with Crippen LogP contribution >= 0.6 is 0 Å². The van der Waals surface area contributed by atoms with Gasteiger partial charge in [-0.3, -0.25) is 19.6 Å². The number of carbonyl (C=O) groups is 2. The highest BCUT2D eigenvalue weighted by Crippen LogP contribution is 2.37. The van der Waals surface area contributed by atoms with Crippen molar-refractivity contribution in [2.24, 2.45) is 17.3 Å². The quantitative estimate of drug-likeness (QED) is 0.143. The summed E-state index contributed by atoms with van der Waals surface area (Å²) in [7, 11) is 5.47. The van der Waals surface area contributed by atoms with E-state index in [2.05, 4.69) is 34.7 Å². The summed E-state index contributed by atoms with van der Waals surface area (Å²) in [6.45, 7) is 17.8. The topological polar surface area (TPSA) is 125 Å². The van der Waals surface area contributed by atoms with Crippen LogP contribution in [0.4, 0.5) is 0 Å². The number of ether oxygens (including phenoxy) is 3. The number of methoxy groups -OCH3 is 1. The second-order valence-corrected chi connectivity index (χ2v) is 16.1. The molecule has 0 unspecified atom stereocenters. The van der Waals surface area contributed by atoms with Gasteiger partial charge in [0.25, 0.3) is 0 Å². The van der Waals surface area contributed by atoms with E-state index in [1.807, 2.05) is 45.1 Å². The lowest BCUT2D eigenvalue weighted by Gasteiger charge is -2.47. The molecule has 11 heteroatoms. The number of aliphatic hydroxyl groups is 2. The fourth-order valence-electron chi connectivity index (χ4n) is 8.10. The average Bonchev–Trinajstić information content (AvgIpc) is 3.09. The van der Waals surface area contributed by atoms with Crippen molar-refractivity contribution in [2.45, 2.75) is 136 Å². The van der Waals surface area contributed by atoms with Crippen LogP contribution in [0.1, 0.15) is 91.8 Å². The highest BCUT2D eigenvalue weighted by Gasteiger charge is 2.49. The summed E-state index contributed by atoms with van der Waals surface area (Å²) < 4.78 is 19.1. The number of carbonyl (C=O) groups excluding carboxylic acids is 2. The molecule has 1 fully saturated rings. The van der Waals surface area contributed by atoms with E-state index in [4.69, 9.17) is 14.2 Å². The number of aldehydes is 1. The highest BCUT2D eigenvalue weighted by atomic mass is 16.7. The van der Waals surface area contributed by atoms with Gasteiger partial charge in [0, 0.05) is 50.9 Å². The van der Waals surface area contributed by atoms with Gasteiger partial charge in [0.1, 0.15) is 12.4 Å². The summed E-state index contributed by atoms with van der Waals surface area (Å²) in [4.78, 5) is 37.2. The van der Waals surface area contributed by atoms with Crippen molar-refractivity contribution in [1.82, 2.24) is 19.7 Å². The van der Waals surface area contributed by atoms with E-state index in [0.717, 1.165) is 58.4 Å². The van der Waals surface area contributed by atoms with Crippen molar-refractivity contribution in [3.05, 3.63) is 29.6 Å². The average molecular weight is 705 g/mol. The van der Waals surface area contributed by atoms with Gasteiger partial charge in [-0.1, -0.05) is 26.8 Å². The number of Topliss-reactive ketones (excluding diaryl/α,β-unsaturated/α-hetero) is 1. The number of pyridine rings is 1. The molecule has 0 aromatic carbocycles. The summed E-state index contributed by atoms with van der Waals surface area (Å²) in [5, 5.41) is 21.9. The third-order valence-corrected chi connectivity index (χ3v) is 11.0. The summed E-state index contributed by atoms with van der Waals surface area (Å²) in [5.74, 6) is -0.882. The maximum absolute atomic E-state index is 13.8. The monoisotopic (exact) mass is 705 g/mol. The van der Waals surface area contributed by atoms with Crippen molar-refractivity contribution in [3.8, 4) is 0 Å². The Morgan fingerprint density at radius 3 is 2.60 bits per heavy atom. The van der Waals surface area contributed by atoms with E-state index in [1.54, 1.807) is 27.9 Å². The predicted molar refractivity (Wildman–Crippen MR) is 196 cm³/mol. The number of nitrogens with zero attached hydrogens (tertiary/aromatic N) is 4. The van der Waals surface area contributed by atoms with Gasteiger partial charge >= 0.3 is 0 Å². The lowest BCUT2D eigenvalue weighted by atomic mass is 9.74. The number of ketones is 1. The largest absolute Gasteiger partial charge is 0.395 e. The Morgan fingerprint density at radius 1 is 1.26 bits per heavy atom. The molecule has 0 amide bonds.